The van der Waals surface area contributed by atoms with Gasteiger partial charge in [0.15, 0.2) is 0 Å². The fraction of sp³-hybridized carbons (Fsp3) is 0.333. The Kier molecular flexibility index (Phi) is 4.30. The molecule has 108 valence electrons. The van der Waals surface area contributed by atoms with E-state index in [9.17, 15) is 8.42 Å². The van der Waals surface area contributed by atoms with Gasteiger partial charge in [0.05, 0.1) is 4.90 Å². The molecule has 4 nitrogen and oxygen atoms in total. The summed E-state index contributed by atoms with van der Waals surface area (Å²) in [7, 11) is -1.83. The molecule has 0 aliphatic heterocycles. The molecule has 2 aromatic carbocycles. The van der Waals surface area contributed by atoms with Gasteiger partial charge in [-0.25, -0.2) is 12.7 Å². The molecule has 0 aliphatic carbocycles. The smallest absolute Gasteiger partial charge is 0.243 e. The fourth-order valence-corrected chi connectivity index (χ4v) is 3.59. The summed E-state index contributed by atoms with van der Waals surface area (Å²) in [5.74, 6) is 0. The zero-order chi connectivity index (χ0) is 14.8. The predicted octanol–water partition coefficient (Wildman–Crippen LogP) is 2.84. The third-order valence-electron chi connectivity index (χ3n) is 3.38. The van der Waals surface area contributed by atoms with Crippen molar-refractivity contribution in [3.05, 3.63) is 36.4 Å². The molecule has 0 spiro atoms. The van der Waals surface area contributed by atoms with Crippen LogP contribution in [0.1, 0.15) is 19.8 Å². The van der Waals surface area contributed by atoms with Gasteiger partial charge < -0.3 is 5.73 Å². The molecule has 20 heavy (non-hydrogen) atoms. The van der Waals surface area contributed by atoms with Crippen molar-refractivity contribution in [2.24, 2.45) is 0 Å². The Hall–Kier alpha value is -1.59. The third-order valence-corrected chi connectivity index (χ3v) is 5.29. The Balaban J connectivity index is 2.52. The first-order valence-electron chi connectivity index (χ1n) is 6.71. The van der Waals surface area contributed by atoms with Crippen LogP contribution in [0.15, 0.2) is 41.3 Å². The predicted molar refractivity (Wildman–Crippen MR) is 83.1 cm³/mol. The second kappa shape index (κ2) is 5.81. The number of hydrogen-bond acceptors (Lipinski definition) is 3. The van der Waals surface area contributed by atoms with E-state index in [1.807, 2.05) is 13.0 Å². The van der Waals surface area contributed by atoms with E-state index in [1.165, 1.54) is 4.31 Å². The zero-order valence-corrected chi connectivity index (χ0v) is 12.7. The first-order chi connectivity index (χ1) is 9.46. The van der Waals surface area contributed by atoms with Gasteiger partial charge in [0.1, 0.15) is 0 Å². The summed E-state index contributed by atoms with van der Waals surface area (Å²) in [5, 5.41) is 1.56. The van der Waals surface area contributed by atoms with Crippen molar-refractivity contribution in [3.8, 4) is 0 Å². The van der Waals surface area contributed by atoms with Crippen molar-refractivity contribution in [1.82, 2.24) is 4.31 Å². The van der Waals surface area contributed by atoms with Crippen LogP contribution in [0.2, 0.25) is 0 Å². The van der Waals surface area contributed by atoms with Crippen molar-refractivity contribution in [1.29, 1.82) is 0 Å². The lowest BCUT2D eigenvalue weighted by Gasteiger charge is -2.18. The monoisotopic (exact) mass is 292 g/mol. The molecule has 5 heteroatoms. The number of anilines is 1. The highest BCUT2D eigenvalue weighted by Crippen LogP contribution is 2.26. The van der Waals surface area contributed by atoms with E-state index in [-0.39, 0.29) is 0 Å². The maximum atomic E-state index is 12.6. The van der Waals surface area contributed by atoms with Gasteiger partial charge in [-0.1, -0.05) is 31.5 Å². The van der Waals surface area contributed by atoms with Crippen LogP contribution in [0.5, 0.6) is 0 Å². The molecular weight excluding hydrogens is 272 g/mol. The van der Waals surface area contributed by atoms with Crippen molar-refractivity contribution in [2.45, 2.75) is 24.7 Å². The number of benzene rings is 2. The third kappa shape index (κ3) is 2.78. The molecular formula is C15H20N2O2S. The van der Waals surface area contributed by atoms with E-state index in [1.54, 1.807) is 37.4 Å². The number of sulfonamides is 1. The summed E-state index contributed by atoms with van der Waals surface area (Å²) in [5.41, 5.74) is 6.38. The van der Waals surface area contributed by atoms with Gasteiger partial charge in [0.25, 0.3) is 0 Å². The second-order valence-corrected chi connectivity index (χ2v) is 6.93. The zero-order valence-electron chi connectivity index (χ0n) is 11.8. The number of nitrogen functional groups attached to an aromatic ring is 1. The van der Waals surface area contributed by atoms with Crippen molar-refractivity contribution >= 4 is 26.5 Å². The molecule has 0 bridgehead atoms. The minimum Gasteiger partial charge on any atom is -0.399 e. The summed E-state index contributed by atoms with van der Waals surface area (Å²) in [6.07, 6.45) is 1.82. The summed E-state index contributed by atoms with van der Waals surface area (Å²) in [6, 6.07) is 10.6. The average molecular weight is 292 g/mol. The maximum Gasteiger partial charge on any atom is 0.243 e. The molecule has 2 rings (SSSR count). The minimum absolute atomic E-state index is 0.341. The number of rotatable bonds is 5. The summed E-state index contributed by atoms with van der Waals surface area (Å²) >= 11 is 0. The average Bonchev–Trinajstić information content (AvgIpc) is 2.43. The lowest BCUT2D eigenvalue weighted by molar-refractivity contribution is 0.460. The quantitative estimate of drug-likeness (QED) is 0.862. The lowest BCUT2D eigenvalue weighted by atomic mass is 10.1. The SMILES string of the molecule is CCCCN(C)S(=O)(=O)c1cccc2cc(N)ccc12. The van der Waals surface area contributed by atoms with Gasteiger partial charge in [0, 0.05) is 24.7 Å². The van der Waals surface area contributed by atoms with Crippen LogP contribution in [0, 0.1) is 0 Å². The Bertz CT molecular complexity index is 711. The summed E-state index contributed by atoms with van der Waals surface area (Å²) < 4.78 is 26.7. The number of nitrogens with two attached hydrogens (primary N) is 1. The number of fused-ring (bicyclic) bond motifs is 1. The topological polar surface area (TPSA) is 63.4 Å². The lowest BCUT2D eigenvalue weighted by Crippen LogP contribution is -2.28. The van der Waals surface area contributed by atoms with Crippen LogP contribution in [-0.4, -0.2) is 26.3 Å². The van der Waals surface area contributed by atoms with Crippen LogP contribution < -0.4 is 5.73 Å². The Labute approximate surface area is 120 Å². The first kappa shape index (κ1) is 14.8. The van der Waals surface area contributed by atoms with Gasteiger partial charge in [-0.05, 0) is 30.0 Å². The van der Waals surface area contributed by atoms with Gasteiger partial charge in [-0.15, -0.1) is 0 Å². The number of nitrogens with zero attached hydrogens (tertiary/aromatic N) is 1. The highest BCUT2D eigenvalue weighted by molar-refractivity contribution is 7.89. The fourth-order valence-electron chi connectivity index (χ4n) is 2.17. The molecule has 0 aliphatic rings. The molecule has 2 aromatic rings. The van der Waals surface area contributed by atoms with Crippen LogP contribution in [0.25, 0.3) is 10.8 Å². The largest absolute Gasteiger partial charge is 0.399 e. The molecule has 0 saturated heterocycles. The molecule has 0 radical (unpaired) electrons. The number of unbranched alkanes of at least 4 members (excludes halogenated alkanes) is 1. The highest BCUT2D eigenvalue weighted by atomic mass is 32.2. The van der Waals surface area contributed by atoms with Crippen molar-refractivity contribution in [2.75, 3.05) is 19.3 Å². The van der Waals surface area contributed by atoms with E-state index < -0.39 is 10.0 Å². The molecule has 2 N–H and O–H groups in total. The molecule has 0 fully saturated rings. The van der Waals surface area contributed by atoms with Crippen molar-refractivity contribution < 1.29 is 8.42 Å². The van der Waals surface area contributed by atoms with Crippen LogP contribution in [-0.2, 0) is 10.0 Å². The highest BCUT2D eigenvalue weighted by Gasteiger charge is 2.22. The van der Waals surface area contributed by atoms with Gasteiger partial charge in [0.2, 0.25) is 10.0 Å². The summed E-state index contributed by atoms with van der Waals surface area (Å²) in [6.45, 7) is 2.57. The van der Waals surface area contributed by atoms with Gasteiger partial charge in [-0.3, -0.25) is 0 Å². The van der Waals surface area contributed by atoms with E-state index in [0.717, 1.165) is 18.2 Å². The van der Waals surface area contributed by atoms with Gasteiger partial charge >= 0.3 is 0 Å². The Morgan fingerprint density at radius 1 is 1.20 bits per heavy atom. The number of hydrogen-bond donors (Lipinski definition) is 1. The molecule has 0 amide bonds. The molecule has 0 unspecified atom stereocenters. The Morgan fingerprint density at radius 3 is 2.65 bits per heavy atom. The maximum absolute atomic E-state index is 12.6. The Morgan fingerprint density at radius 2 is 1.95 bits per heavy atom. The van der Waals surface area contributed by atoms with Crippen molar-refractivity contribution in [3.63, 3.8) is 0 Å². The van der Waals surface area contributed by atoms with Gasteiger partial charge in [-0.2, -0.15) is 0 Å². The van der Waals surface area contributed by atoms with E-state index in [4.69, 9.17) is 5.73 Å². The standard InChI is InChI=1S/C15H20N2O2S/c1-3-4-10-17(2)20(18,19)15-7-5-6-12-11-13(16)8-9-14(12)15/h5-9,11H,3-4,10,16H2,1-2H3. The molecule has 0 heterocycles. The summed E-state index contributed by atoms with van der Waals surface area (Å²) in [4.78, 5) is 0.341. The van der Waals surface area contributed by atoms with Crippen LogP contribution >= 0.6 is 0 Å². The van der Waals surface area contributed by atoms with E-state index >= 15 is 0 Å². The first-order valence-corrected chi connectivity index (χ1v) is 8.15. The van der Waals surface area contributed by atoms with Crippen LogP contribution in [0.4, 0.5) is 5.69 Å². The minimum atomic E-state index is -3.46. The molecule has 0 saturated carbocycles. The molecule has 0 atom stereocenters. The normalized spacial score (nSPS) is 12.2. The van der Waals surface area contributed by atoms with Crippen LogP contribution in [0.3, 0.4) is 0 Å². The van der Waals surface area contributed by atoms with E-state index in [0.29, 0.717) is 22.5 Å². The molecule has 0 aromatic heterocycles. The van der Waals surface area contributed by atoms with E-state index in [2.05, 4.69) is 0 Å². The second-order valence-electron chi connectivity index (χ2n) is 4.92.